The standard InChI is InChI=1S/C26H20N2O8/c1-27-15-9-5-3-7-13(15)25(31,23(27)29)17-19-21(35-11-33-19)18(22-20(17)34-12-36-22)26(32)14-8-4-6-10-16(14)28(2)24(26)30/h3-10,31-32H,11-12H2,1-2H3/t25-,26-/m1/s1. The molecule has 7 rings (SSSR count). The summed E-state index contributed by atoms with van der Waals surface area (Å²) in [4.78, 5) is 29.7. The van der Waals surface area contributed by atoms with Gasteiger partial charge in [0.2, 0.25) is 24.8 Å². The van der Waals surface area contributed by atoms with E-state index in [0.29, 0.717) is 22.5 Å². The van der Waals surface area contributed by atoms with Gasteiger partial charge < -0.3 is 39.0 Å². The van der Waals surface area contributed by atoms with Gasteiger partial charge in [0.15, 0.2) is 23.0 Å². The molecule has 182 valence electrons. The minimum atomic E-state index is -2.18. The van der Waals surface area contributed by atoms with Crippen LogP contribution in [-0.4, -0.2) is 49.7 Å². The van der Waals surface area contributed by atoms with E-state index in [1.54, 1.807) is 62.6 Å². The quantitative estimate of drug-likeness (QED) is 0.558. The number of para-hydroxylation sites is 2. The van der Waals surface area contributed by atoms with Crippen molar-refractivity contribution in [2.24, 2.45) is 0 Å². The highest BCUT2D eigenvalue weighted by molar-refractivity contribution is 6.12. The summed E-state index contributed by atoms with van der Waals surface area (Å²) >= 11 is 0. The number of carbonyl (C=O) groups excluding carboxylic acids is 2. The summed E-state index contributed by atoms with van der Waals surface area (Å²) in [6, 6.07) is 13.7. The third-order valence-corrected chi connectivity index (χ3v) is 7.40. The van der Waals surface area contributed by atoms with Crippen LogP contribution in [0.5, 0.6) is 23.0 Å². The molecule has 2 N–H and O–H groups in total. The number of likely N-dealkylation sites (N-methyl/N-ethyl adjacent to an activating group) is 2. The summed E-state index contributed by atoms with van der Waals surface area (Å²) in [5, 5.41) is 24.1. The highest BCUT2D eigenvalue weighted by atomic mass is 16.7. The molecule has 2 atom stereocenters. The Hall–Kier alpha value is -4.28. The van der Waals surface area contributed by atoms with Gasteiger partial charge in [-0.25, -0.2) is 0 Å². The van der Waals surface area contributed by atoms with Crippen LogP contribution in [0.3, 0.4) is 0 Å². The molecule has 0 radical (unpaired) electrons. The maximum atomic E-state index is 13.5. The number of hydrogen-bond acceptors (Lipinski definition) is 8. The van der Waals surface area contributed by atoms with E-state index in [4.69, 9.17) is 18.9 Å². The minimum Gasteiger partial charge on any atom is -0.453 e. The molecule has 0 bridgehead atoms. The Bertz CT molecular complexity index is 1370. The first kappa shape index (κ1) is 21.0. The zero-order chi connectivity index (χ0) is 25.0. The number of aliphatic hydroxyl groups is 2. The fourth-order valence-electron chi connectivity index (χ4n) is 5.73. The number of fused-ring (bicyclic) bond motifs is 4. The molecule has 0 saturated heterocycles. The monoisotopic (exact) mass is 488 g/mol. The van der Waals surface area contributed by atoms with E-state index in [0.717, 1.165) is 0 Å². The predicted molar refractivity (Wildman–Crippen MR) is 124 cm³/mol. The van der Waals surface area contributed by atoms with E-state index < -0.39 is 23.0 Å². The van der Waals surface area contributed by atoms with E-state index in [1.165, 1.54) is 9.80 Å². The zero-order valence-corrected chi connectivity index (χ0v) is 19.3. The third-order valence-electron chi connectivity index (χ3n) is 7.40. The predicted octanol–water partition coefficient (Wildman–Crippen LogP) is 1.57. The van der Waals surface area contributed by atoms with Crippen molar-refractivity contribution in [2.45, 2.75) is 11.2 Å². The fraction of sp³-hybridized carbons (Fsp3) is 0.231. The summed E-state index contributed by atoms with van der Waals surface area (Å²) < 4.78 is 23.2. The van der Waals surface area contributed by atoms with E-state index in [2.05, 4.69) is 0 Å². The number of benzene rings is 3. The molecule has 2 amide bonds. The van der Waals surface area contributed by atoms with Gasteiger partial charge >= 0.3 is 0 Å². The van der Waals surface area contributed by atoms with Crippen molar-refractivity contribution in [3.05, 3.63) is 70.8 Å². The molecule has 36 heavy (non-hydrogen) atoms. The summed E-state index contributed by atoms with van der Waals surface area (Å²) in [5.41, 5.74) is -2.65. The van der Waals surface area contributed by atoms with Gasteiger partial charge in [0.05, 0.1) is 22.5 Å². The van der Waals surface area contributed by atoms with E-state index in [1.807, 2.05) is 0 Å². The van der Waals surface area contributed by atoms with Gasteiger partial charge in [-0.1, -0.05) is 36.4 Å². The van der Waals surface area contributed by atoms with Crippen molar-refractivity contribution in [3.63, 3.8) is 0 Å². The van der Waals surface area contributed by atoms with Crippen LogP contribution < -0.4 is 28.7 Å². The second-order valence-electron chi connectivity index (χ2n) is 9.06. The third kappa shape index (κ3) is 2.19. The van der Waals surface area contributed by atoms with Crippen molar-refractivity contribution in [3.8, 4) is 23.0 Å². The lowest BCUT2D eigenvalue weighted by Gasteiger charge is -2.29. The average molecular weight is 488 g/mol. The Morgan fingerprint density at radius 2 is 0.972 bits per heavy atom. The molecule has 4 heterocycles. The van der Waals surface area contributed by atoms with Crippen LogP contribution in [0.4, 0.5) is 11.4 Å². The summed E-state index contributed by atoms with van der Waals surface area (Å²) in [5.74, 6) is -1.22. The Morgan fingerprint density at radius 3 is 1.33 bits per heavy atom. The van der Waals surface area contributed by atoms with Crippen molar-refractivity contribution in [1.29, 1.82) is 0 Å². The van der Waals surface area contributed by atoms with Crippen molar-refractivity contribution >= 4 is 23.2 Å². The lowest BCUT2D eigenvalue weighted by molar-refractivity contribution is -0.132. The Labute approximate surface area is 204 Å². The molecule has 4 aliphatic heterocycles. The Kier molecular flexibility index (Phi) is 3.91. The van der Waals surface area contributed by atoms with Gasteiger partial charge in [0.1, 0.15) is 0 Å². The Morgan fingerprint density at radius 1 is 0.639 bits per heavy atom. The summed E-state index contributed by atoms with van der Waals surface area (Å²) in [7, 11) is 3.13. The molecule has 3 aromatic rings. The molecule has 10 nitrogen and oxygen atoms in total. The lowest BCUT2D eigenvalue weighted by Crippen LogP contribution is -2.41. The van der Waals surface area contributed by atoms with Crippen LogP contribution in [0.1, 0.15) is 22.3 Å². The fourth-order valence-corrected chi connectivity index (χ4v) is 5.73. The first-order valence-electron chi connectivity index (χ1n) is 11.3. The van der Waals surface area contributed by atoms with Crippen LogP contribution >= 0.6 is 0 Å². The number of rotatable bonds is 2. The molecule has 0 aliphatic carbocycles. The van der Waals surface area contributed by atoms with Gasteiger partial charge in [0.25, 0.3) is 11.8 Å². The van der Waals surface area contributed by atoms with Gasteiger partial charge in [-0.2, -0.15) is 0 Å². The number of hydrogen-bond donors (Lipinski definition) is 2. The average Bonchev–Trinajstić information content (AvgIpc) is 3.65. The molecule has 0 unspecified atom stereocenters. The second-order valence-corrected chi connectivity index (χ2v) is 9.06. The molecule has 3 aromatic carbocycles. The van der Waals surface area contributed by atoms with E-state index in [-0.39, 0.29) is 47.7 Å². The van der Waals surface area contributed by atoms with Crippen molar-refractivity contribution < 1.29 is 38.7 Å². The van der Waals surface area contributed by atoms with Crippen LogP contribution in [0, 0.1) is 0 Å². The van der Waals surface area contributed by atoms with Crippen LogP contribution in [0.2, 0.25) is 0 Å². The van der Waals surface area contributed by atoms with E-state index in [9.17, 15) is 19.8 Å². The summed E-state index contributed by atoms with van der Waals surface area (Å²) in [6.07, 6.45) is 0. The number of carbonyl (C=O) groups is 2. The lowest BCUT2D eigenvalue weighted by atomic mass is 9.80. The largest absolute Gasteiger partial charge is 0.453 e. The van der Waals surface area contributed by atoms with Crippen LogP contribution in [0.15, 0.2) is 48.5 Å². The number of nitrogens with zero attached hydrogens (tertiary/aromatic N) is 2. The molecule has 0 saturated carbocycles. The minimum absolute atomic E-state index is 0.00321. The Balaban J connectivity index is 1.56. The first-order chi connectivity index (χ1) is 17.3. The van der Waals surface area contributed by atoms with Gasteiger partial charge in [-0.15, -0.1) is 0 Å². The maximum Gasteiger partial charge on any atom is 0.268 e. The molecule has 0 spiro atoms. The molecule has 10 heteroatoms. The molecular formula is C26H20N2O8. The first-order valence-corrected chi connectivity index (χ1v) is 11.3. The van der Waals surface area contributed by atoms with Crippen molar-refractivity contribution in [1.82, 2.24) is 0 Å². The zero-order valence-electron chi connectivity index (χ0n) is 19.3. The summed E-state index contributed by atoms with van der Waals surface area (Å²) in [6.45, 7) is -0.524. The van der Waals surface area contributed by atoms with Crippen LogP contribution in [0.25, 0.3) is 0 Å². The van der Waals surface area contributed by atoms with E-state index >= 15 is 0 Å². The highest BCUT2D eigenvalue weighted by Gasteiger charge is 2.60. The normalized spacial score (nSPS) is 25.0. The topological polar surface area (TPSA) is 118 Å². The van der Waals surface area contributed by atoms with Gasteiger partial charge in [-0.3, -0.25) is 9.59 Å². The molecular weight excluding hydrogens is 468 g/mol. The molecule has 4 aliphatic rings. The van der Waals surface area contributed by atoms with Crippen LogP contribution in [-0.2, 0) is 20.8 Å². The number of ether oxygens (including phenoxy) is 4. The number of amides is 2. The maximum absolute atomic E-state index is 13.5. The van der Waals surface area contributed by atoms with Gasteiger partial charge in [-0.05, 0) is 12.1 Å². The van der Waals surface area contributed by atoms with Crippen molar-refractivity contribution in [2.75, 3.05) is 37.5 Å². The molecule has 0 fully saturated rings. The number of anilines is 2. The second kappa shape index (κ2) is 6.68. The highest BCUT2D eigenvalue weighted by Crippen LogP contribution is 2.63. The smallest absolute Gasteiger partial charge is 0.268 e. The molecule has 0 aromatic heterocycles. The van der Waals surface area contributed by atoms with Gasteiger partial charge in [0, 0.05) is 25.2 Å². The SMILES string of the molecule is CN1C(=O)[C@](O)(c2c3c(c([C@@]4(O)C(=O)N(C)c5ccccc54)c4c2OCO4)OCO3)c2ccccc21.